The van der Waals surface area contributed by atoms with Gasteiger partial charge in [-0.15, -0.1) is 0 Å². The molecule has 5 heterocycles. The van der Waals surface area contributed by atoms with Crippen LogP contribution in [0.5, 0.6) is 23.0 Å². The van der Waals surface area contributed by atoms with Crippen LogP contribution in [0.4, 0.5) is 17.1 Å². The Morgan fingerprint density at radius 3 is 1.58 bits per heavy atom. The van der Waals surface area contributed by atoms with E-state index in [1.807, 2.05) is 0 Å². The van der Waals surface area contributed by atoms with Gasteiger partial charge in [0.1, 0.15) is 23.0 Å². The summed E-state index contributed by atoms with van der Waals surface area (Å²) in [4.78, 5) is 2.58. The minimum atomic E-state index is -0.107. The van der Waals surface area contributed by atoms with Crippen LogP contribution in [-0.2, 0) is 16.2 Å². The number of para-hydroxylation sites is 3. The number of hydrogen-bond acceptors (Lipinski definition) is 3. The van der Waals surface area contributed by atoms with Crippen LogP contribution in [0.15, 0.2) is 127 Å². The van der Waals surface area contributed by atoms with E-state index in [0.717, 1.165) is 28.7 Å². The van der Waals surface area contributed by atoms with Gasteiger partial charge in [-0.05, 0) is 126 Å². The molecule has 0 unspecified atom stereocenters. The minimum Gasteiger partial charge on any atom is -0.458 e. The monoisotopic (exact) mass is 778 g/mol. The first kappa shape index (κ1) is 35.8. The number of ether oxygens (including phenoxy) is 2. The highest BCUT2D eigenvalue weighted by Gasteiger charge is 2.48. The number of benzene rings is 7. The maximum atomic E-state index is 6.99. The molecule has 0 saturated carbocycles. The molecule has 0 amide bonds. The van der Waals surface area contributed by atoms with Crippen molar-refractivity contribution in [3.8, 4) is 28.7 Å². The van der Waals surface area contributed by atoms with Crippen molar-refractivity contribution in [2.24, 2.45) is 0 Å². The average Bonchev–Trinajstić information content (AvgIpc) is 3.56. The third-order valence-electron chi connectivity index (χ3n) is 13.7. The lowest BCUT2D eigenvalue weighted by Gasteiger charge is -2.42. The highest BCUT2D eigenvalue weighted by atomic mass is 16.5. The van der Waals surface area contributed by atoms with Crippen molar-refractivity contribution >= 4 is 85.1 Å². The van der Waals surface area contributed by atoms with Gasteiger partial charge in [-0.2, -0.15) is 0 Å². The third-order valence-corrected chi connectivity index (χ3v) is 13.7. The van der Waals surface area contributed by atoms with Gasteiger partial charge in [0.05, 0.1) is 16.7 Å². The summed E-state index contributed by atoms with van der Waals surface area (Å²) >= 11 is 0. The Morgan fingerprint density at radius 1 is 0.450 bits per heavy atom. The van der Waals surface area contributed by atoms with Crippen LogP contribution in [0.1, 0.15) is 79.0 Å². The van der Waals surface area contributed by atoms with Gasteiger partial charge in [-0.25, -0.2) is 0 Å². The van der Waals surface area contributed by atoms with Crippen LogP contribution in [0, 0.1) is 0 Å². The Bertz CT molecular complexity index is 3180. The van der Waals surface area contributed by atoms with E-state index in [0.29, 0.717) is 0 Å². The lowest BCUT2D eigenvalue weighted by molar-refractivity contribution is 0.483. The van der Waals surface area contributed by atoms with E-state index in [9.17, 15) is 0 Å². The van der Waals surface area contributed by atoms with E-state index in [-0.39, 0.29) is 29.7 Å². The standard InChI is InChI=1S/C54H48B2N2O2/c1-52(2,3)31-23-24-40-35(25-31)47-50-38(30-39-51(47)58(40)42-27-33(54(7,8)9)29-46-49(42)56(39)37-20-14-16-22-44(37)60-46)55-36-19-13-15-21-43(36)59-45-28-32(53(4,5)6)26-41(48(45)55)57(50)34-17-11-10-12-18-34/h10-30H,1-9H3. The van der Waals surface area contributed by atoms with Crippen molar-refractivity contribution < 1.29 is 9.47 Å². The van der Waals surface area contributed by atoms with Gasteiger partial charge in [0, 0.05) is 27.8 Å². The van der Waals surface area contributed by atoms with Crippen molar-refractivity contribution in [3.05, 3.63) is 144 Å². The van der Waals surface area contributed by atoms with Gasteiger partial charge >= 0.3 is 0 Å². The second kappa shape index (κ2) is 11.8. The van der Waals surface area contributed by atoms with Gasteiger partial charge in [-0.1, -0.05) is 129 Å². The van der Waals surface area contributed by atoms with Crippen LogP contribution in [-0.4, -0.2) is 18.0 Å². The smallest absolute Gasteiger partial charge is 0.256 e. The molecular formula is C54H48B2N2O2. The molecule has 0 fully saturated rings. The number of fused-ring (bicyclic) bond motifs is 12. The number of anilines is 3. The summed E-state index contributed by atoms with van der Waals surface area (Å²) in [5.74, 6) is 3.76. The predicted octanol–water partition coefficient (Wildman–Crippen LogP) is 10.0. The second-order valence-electron chi connectivity index (χ2n) is 20.6. The fraction of sp³-hybridized carbons (Fsp3) is 0.222. The fourth-order valence-electron chi connectivity index (χ4n) is 10.6. The van der Waals surface area contributed by atoms with E-state index < -0.39 is 0 Å². The van der Waals surface area contributed by atoms with Crippen molar-refractivity contribution in [1.29, 1.82) is 0 Å². The van der Waals surface area contributed by atoms with Crippen molar-refractivity contribution in [1.82, 2.24) is 4.57 Å². The summed E-state index contributed by atoms with van der Waals surface area (Å²) in [5, 5.41) is 2.57. The quantitative estimate of drug-likeness (QED) is 0.155. The summed E-state index contributed by atoms with van der Waals surface area (Å²) in [6.07, 6.45) is 0. The Balaban J connectivity index is 1.33. The average molecular weight is 779 g/mol. The van der Waals surface area contributed by atoms with Crippen LogP contribution in [0.2, 0.25) is 0 Å². The zero-order valence-corrected chi connectivity index (χ0v) is 36.0. The molecule has 0 spiro atoms. The normalized spacial score (nSPS) is 14.6. The second-order valence-corrected chi connectivity index (χ2v) is 20.6. The first-order valence-corrected chi connectivity index (χ1v) is 21.6. The molecule has 4 nitrogen and oxygen atoms in total. The number of hydrogen-bond donors (Lipinski definition) is 0. The molecule has 1 aromatic heterocycles. The topological polar surface area (TPSA) is 26.6 Å². The Labute approximate surface area is 353 Å². The summed E-state index contributed by atoms with van der Waals surface area (Å²) in [7, 11) is 0. The minimum absolute atomic E-state index is 0.0231. The number of aromatic nitrogens is 1. The molecule has 0 atom stereocenters. The van der Waals surface area contributed by atoms with E-state index >= 15 is 0 Å². The summed E-state index contributed by atoms with van der Waals surface area (Å²) < 4.78 is 16.6. The molecule has 4 aliphatic rings. The van der Waals surface area contributed by atoms with Gasteiger partial charge in [0.25, 0.3) is 13.4 Å². The Hall–Kier alpha value is -6.13. The molecular weight excluding hydrogens is 730 g/mol. The summed E-state index contributed by atoms with van der Waals surface area (Å²) in [6.45, 7) is 20.8. The van der Waals surface area contributed by atoms with Crippen LogP contribution in [0.25, 0.3) is 27.5 Å². The molecule has 292 valence electrons. The van der Waals surface area contributed by atoms with Crippen LogP contribution in [0.3, 0.4) is 0 Å². The van der Waals surface area contributed by atoms with E-state index in [4.69, 9.17) is 9.47 Å². The molecule has 7 aromatic carbocycles. The maximum absolute atomic E-state index is 6.99. The molecule has 8 aromatic rings. The molecule has 0 bridgehead atoms. The highest BCUT2D eigenvalue weighted by Crippen LogP contribution is 2.49. The summed E-state index contributed by atoms with van der Waals surface area (Å²) in [5.41, 5.74) is 18.4. The zero-order chi connectivity index (χ0) is 41.2. The van der Waals surface area contributed by atoms with Gasteiger partial charge < -0.3 is 18.9 Å². The van der Waals surface area contributed by atoms with Gasteiger partial charge in [0.15, 0.2) is 0 Å². The molecule has 6 heteroatoms. The first-order chi connectivity index (χ1) is 28.7. The van der Waals surface area contributed by atoms with E-state index in [1.54, 1.807) is 0 Å². The highest BCUT2D eigenvalue weighted by molar-refractivity contribution is 7.02. The maximum Gasteiger partial charge on any atom is 0.256 e. The molecule has 12 rings (SSSR count). The largest absolute Gasteiger partial charge is 0.458 e. The zero-order valence-electron chi connectivity index (χ0n) is 36.0. The van der Waals surface area contributed by atoms with Crippen LogP contribution < -0.4 is 47.2 Å². The number of rotatable bonds is 1. The van der Waals surface area contributed by atoms with E-state index in [1.165, 1.54) is 88.3 Å². The van der Waals surface area contributed by atoms with Crippen LogP contribution >= 0.6 is 0 Å². The molecule has 60 heavy (non-hydrogen) atoms. The SMILES string of the molecule is CC(C)(C)c1cc2c3c(c1)N(c1ccccc1)c1c(cc4c5c1c1cc(C(C)(C)C)ccc1n5-c1cc(C(C)(C)C)cc5c1B4c1ccccc1O5)B3c1ccccc1O2. The molecule has 0 saturated heterocycles. The molecule has 0 N–H and O–H groups in total. The summed E-state index contributed by atoms with van der Waals surface area (Å²) in [6, 6.07) is 47.8. The Kier molecular flexibility index (Phi) is 7.03. The van der Waals surface area contributed by atoms with E-state index in [2.05, 4.69) is 199 Å². The molecule has 4 aliphatic heterocycles. The third kappa shape index (κ3) is 4.82. The van der Waals surface area contributed by atoms with Crippen molar-refractivity contribution in [3.63, 3.8) is 0 Å². The van der Waals surface area contributed by atoms with Crippen molar-refractivity contribution in [2.75, 3.05) is 4.90 Å². The number of nitrogens with zero attached hydrogens (tertiary/aromatic N) is 2. The first-order valence-electron chi connectivity index (χ1n) is 21.6. The lowest BCUT2D eigenvalue weighted by Crippen LogP contribution is -2.63. The molecule has 0 aliphatic carbocycles. The molecule has 0 radical (unpaired) electrons. The van der Waals surface area contributed by atoms with Gasteiger partial charge in [-0.3, -0.25) is 0 Å². The lowest BCUT2D eigenvalue weighted by atomic mass is 9.31. The fourth-order valence-corrected chi connectivity index (χ4v) is 10.6. The Morgan fingerprint density at radius 2 is 0.983 bits per heavy atom. The van der Waals surface area contributed by atoms with Crippen molar-refractivity contribution in [2.45, 2.75) is 78.6 Å². The predicted molar refractivity (Wildman–Crippen MR) is 254 cm³/mol. The van der Waals surface area contributed by atoms with Gasteiger partial charge in [0.2, 0.25) is 0 Å².